The Morgan fingerprint density at radius 2 is 0.921 bits per heavy atom. The van der Waals surface area contributed by atoms with Gasteiger partial charge in [-0.3, -0.25) is 0 Å². The molecule has 0 N–H and O–H groups in total. The topological polar surface area (TPSA) is 23.4 Å². The Morgan fingerprint density at radius 3 is 1.37 bits per heavy atom. The lowest BCUT2D eigenvalue weighted by molar-refractivity contribution is 0.00578. The number of benzene rings is 4. The fraction of sp³-hybridized carbons (Fsp3) is 0.294. The molecule has 6 rings (SSSR count). The molecule has 0 atom stereocenters. The Morgan fingerprint density at radius 1 is 0.526 bits per heavy atom. The number of nitrogens with zero attached hydrogens (tertiary/aromatic N) is 1. The highest BCUT2D eigenvalue weighted by Gasteiger charge is 2.51. The van der Waals surface area contributed by atoms with Crippen LogP contribution in [0.2, 0.25) is 0 Å². The van der Waals surface area contributed by atoms with Gasteiger partial charge in [0, 0.05) is 16.5 Å². The quantitative estimate of drug-likeness (QED) is 0.229. The molecule has 38 heavy (non-hydrogen) atoms. The molecule has 4 heteroatoms. The number of aromatic nitrogens is 1. The van der Waals surface area contributed by atoms with E-state index in [1.807, 2.05) is 27.7 Å². The second-order valence-corrected chi connectivity index (χ2v) is 10.1. The number of fused-ring (bicyclic) bond motifs is 3. The summed E-state index contributed by atoms with van der Waals surface area (Å²) in [6.07, 6.45) is 0. The molecule has 5 aromatic rings. The Bertz CT molecular complexity index is 1430. The normalized spacial score (nSPS) is 15.5. The highest BCUT2D eigenvalue weighted by atomic mass is 16.7. The summed E-state index contributed by atoms with van der Waals surface area (Å²) in [7, 11) is -0.336. The van der Waals surface area contributed by atoms with Crippen LogP contribution in [0.15, 0.2) is 97.1 Å². The van der Waals surface area contributed by atoms with E-state index in [1.165, 1.54) is 32.9 Å². The first-order chi connectivity index (χ1) is 18.3. The van der Waals surface area contributed by atoms with E-state index in [-0.39, 0.29) is 18.3 Å². The molecule has 0 spiro atoms. The van der Waals surface area contributed by atoms with Crippen LogP contribution in [0, 0.1) is 0 Å². The van der Waals surface area contributed by atoms with Crippen LogP contribution in [0.25, 0.3) is 38.6 Å². The zero-order valence-corrected chi connectivity index (χ0v) is 24.1. The summed E-state index contributed by atoms with van der Waals surface area (Å²) in [5, 5.41) is 2.56. The van der Waals surface area contributed by atoms with Gasteiger partial charge in [-0.1, -0.05) is 100 Å². The molecule has 2 heterocycles. The molecule has 0 saturated carbocycles. The summed E-state index contributed by atoms with van der Waals surface area (Å²) in [6, 6.07) is 34.5. The van der Waals surface area contributed by atoms with Crippen LogP contribution in [0.4, 0.5) is 0 Å². The standard InChI is InChI=1S/C30H28BNO2.2C2H6/c1-29(2)30(3,4)34-31(33-29)23-17-13-21(14-18-23)22-15-19-24(20-16-22)32-27-11-7-5-9-25(27)26-10-6-8-12-28(26)32;2*1-2/h5-20H,1-4H3;2*1-2H3. The van der Waals surface area contributed by atoms with Gasteiger partial charge in [0.15, 0.2) is 0 Å². The third-order valence-electron chi connectivity index (χ3n) is 7.48. The third-order valence-corrected chi connectivity index (χ3v) is 7.48. The highest BCUT2D eigenvalue weighted by molar-refractivity contribution is 6.62. The second-order valence-electron chi connectivity index (χ2n) is 10.1. The van der Waals surface area contributed by atoms with Crippen LogP contribution in [-0.4, -0.2) is 22.9 Å². The molecule has 1 aromatic heterocycles. The lowest BCUT2D eigenvalue weighted by Crippen LogP contribution is -2.41. The van der Waals surface area contributed by atoms with Gasteiger partial charge in [-0.05, 0) is 68.6 Å². The lowest BCUT2D eigenvalue weighted by atomic mass is 9.78. The summed E-state index contributed by atoms with van der Waals surface area (Å²) >= 11 is 0. The lowest BCUT2D eigenvalue weighted by Gasteiger charge is -2.32. The molecule has 1 saturated heterocycles. The molecule has 3 nitrogen and oxygen atoms in total. The fourth-order valence-corrected chi connectivity index (χ4v) is 4.82. The van der Waals surface area contributed by atoms with Crippen molar-refractivity contribution >= 4 is 34.4 Å². The molecule has 0 amide bonds. The van der Waals surface area contributed by atoms with Gasteiger partial charge >= 0.3 is 7.12 Å². The van der Waals surface area contributed by atoms with E-state index in [9.17, 15) is 0 Å². The van der Waals surface area contributed by atoms with Crippen molar-refractivity contribution in [2.75, 3.05) is 0 Å². The monoisotopic (exact) mass is 505 g/mol. The molecular formula is C34H40BNO2. The maximum atomic E-state index is 6.20. The molecule has 0 radical (unpaired) electrons. The van der Waals surface area contributed by atoms with Crippen molar-refractivity contribution in [3.05, 3.63) is 97.1 Å². The van der Waals surface area contributed by atoms with Gasteiger partial charge < -0.3 is 13.9 Å². The van der Waals surface area contributed by atoms with E-state index in [0.29, 0.717) is 0 Å². The molecule has 0 unspecified atom stereocenters. The summed E-state index contributed by atoms with van der Waals surface area (Å²) in [5.41, 5.74) is 6.35. The largest absolute Gasteiger partial charge is 0.494 e. The van der Waals surface area contributed by atoms with Gasteiger partial charge in [0.2, 0.25) is 0 Å². The van der Waals surface area contributed by atoms with E-state index in [4.69, 9.17) is 9.31 Å². The van der Waals surface area contributed by atoms with Crippen LogP contribution in [0.1, 0.15) is 55.4 Å². The summed E-state index contributed by atoms with van der Waals surface area (Å²) < 4.78 is 14.7. The van der Waals surface area contributed by atoms with E-state index in [0.717, 1.165) is 11.2 Å². The van der Waals surface area contributed by atoms with Crippen LogP contribution in [0.3, 0.4) is 0 Å². The molecule has 1 aliphatic heterocycles. The van der Waals surface area contributed by atoms with Gasteiger partial charge in [0.05, 0.1) is 22.2 Å². The first-order valence-corrected chi connectivity index (χ1v) is 13.9. The molecular weight excluding hydrogens is 465 g/mol. The average molecular weight is 506 g/mol. The minimum Gasteiger partial charge on any atom is -0.399 e. The Hall–Kier alpha value is -3.34. The Labute approximate surface area is 228 Å². The zero-order valence-electron chi connectivity index (χ0n) is 24.1. The van der Waals surface area contributed by atoms with Crippen molar-refractivity contribution in [1.29, 1.82) is 0 Å². The fourth-order valence-electron chi connectivity index (χ4n) is 4.82. The molecule has 1 fully saturated rings. The molecule has 196 valence electrons. The van der Waals surface area contributed by atoms with Crippen LogP contribution >= 0.6 is 0 Å². The Kier molecular flexibility index (Phi) is 8.15. The van der Waals surface area contributed by atoms with Gasteiger partial charge in [0.25, 0.3) is 0 Å². The number of hydrogen-bond acceptors (Lipinski definition) is 2. The van der Waals surface area contributed by atoms with Crippen molar-refractivity contribution in [1.82, 2.24) is 4.57 Å². The number of hydrogen-bond donors (Lipinski definition) is 0. The second kappa shape index (κ2) is 11.2. The van der Waals surface area contributed by atoms with Crippen LogP contribution < -0.4 is 5.46 Å². The van der Waals surface area contributed by atoms with Gasteiger partial charge in [-0.25, -0.2) is 0 Å². The maximum absolute atomic E-state index is 6.20. The van der Waals surface area contributed by atoms with Crippen molar-refractivity contribution in [3.8, 4) is 16.8 Å². The maximum Gasteiger partial charge on any atom is 0.494 e. The summed E-state index contributed by atoms with van der Waals surface area (Å²) in [6.45, 7) is 16.3. The third kappa shape index (κ3) is 4.91. The van der Waals surface area contributed by atoms with Gasteiger partial charge in [0.1, 0.15) is 0 Å². The summed E-state index contributed by atoms with van der Waals surface area (Å²) in [5.74, 6) is 0. The van der Waals surface area contributed by atoms with E-state index >= 15 is 0 Å². The van der Waals surface area contributed by atoms with Crippen molar-refractivity contribution in [2.45, 2.75) is 66.6 Å². The number of para-hydroxylation sites is 2. The SMILES string of the molecule is CC.CC.CC1(C)OB(c2ccc(-c3ccc(-n4c5ccccc5c5ccccc54)cc3)cc2)OC1(C)C. The van der Waals surface area contributed by atoms with E-state index in [1.54, 1.807) is 0 Å². The van der Waals surface area contributed by atoms with Crippen molar-refractivity contribution < 1.29 is 9.31 Å². The molecule has 0 aliphatic carbocycles. The highest BCUT2D eigenvalue weighted by Crippen LogP contribution is 2.37. The molecule has 4 aromatic carbocycles. The van der Waals surface area contributed by atoms with Crippen LogP contribution in [-0.2, 0) is 9.31 Å². The van der Waals surface area contributed by atoms with Crippen molar-refractivity contribution in [2.24, 2.45) is 0 Å². The van der Waals surface area contributed by atoms with Crippen molar-refractivity contribution in [3.63, 3.8) is 0 Å². The predicted octanol–water partition coefficient (Wildman–Crippen LogP) is 8.80. The number of rotatable bonds is 3. The minimum absolute atomic E-state index is 0.334. The van der Waals surface area contributed by atoms with Gasteiger partial charge in [-0.15, -0.1) is 0 Å². The Balaban J connectivity index is 0.000000804. The van der Waals surface area contributed by atoms with E-state index < -0.39 is 0 Å². The molecule has 1 aliphatic rings. The average Bonchev–Trinajstić information content (AvgIpc) is 3.40. The minimum atomic E-state index is -0.336. The first-order valence-electron chi connectivity index (χ1n) is 13.9. The predicted molar refractivity (Wildman–Crippen MR) is 165 cm³/mol. The first kappa shape index (κ1) is 27.7. The smallest absolute Gasteiger partial charge is 0.399 e. The summed E-state index contributed by atoms with van der Waals surface area (Å²) in [4.78, 5) is 0. The molecule has 0 bridgehead atoms. The van der Waals surface area contributed by atoms with Gasteiger partial charge in [-0.2, -0.15) is 0 Å². The van der Waals surface area contributed by atoms with Crippen LogP contribution in [0.5, 0.6) is 0 Å². The van der Waals surface area contributed by atoms with E-state index in [2.05, 4.69) is 129 Å². The zero-order chi connectivity index (χ0) is 27.5.